The Morgan fingerprint density at radius 2 is 1.54 bits per heavy atom. The first kappa shape index (κ1) is 18.1. The van der Waals surface area contributed by atoms with E-state index in [4.69, 9.17) is 5.11 Å². The molecule has 0 fully saturated rings. The van der Waals surface area contributed by atoms with E-state index in [9.17, 15) is 9.90 Å². The molecule has 3 aromatic carbocycles. The summed E-state index contributed by atoms with van der Waals surface area (Å²) >= 11 is 1.76. The van der Waals surface area contributed by atoms with Crippen LogP contribution < -0.4 is 0 Å². The van der Waals surface area contributed by atoms with E-state index in [2.05, 4.69) is 13.0 Å². The van der Waals surface area contributed by atoms with Crippen LogP contribution in [0.4, 0.5) is 0 Å². The van der Waals surface area contributed by atoms with Crippen LogP contribution in [0.3, 0.4) is 0 Å². The minimum Gasteiger partial charge on any atom is -0.508 e. The largest absolute Gasteiger partial charge is 0.508 e. The summed E-state index contributed by atoms with van der Waals surface area (Å²) in [6.07, 6.45) is 0. The van der Waals surface area contributed by atoms with Gasteiger partial charge in [0.1, 0.15) is 5.75 Å². The third-order valence-electron chi connectivity index (χ3n) is 4.24. The first-order valence-corrected chi connectivity index (χ1v) is 9.48. The van der Waals surface area contributed by atoms with Crippen molar-refractivity contribution in [1.82, 2.24) is 0 Å². The first-order valence-electron chi connectivity index (χ1n) is 8.44. The van der Waals surface area contributed by atoms with E-state index in [1.54, 1.807) is 30.0 Å². The quantitative estimate of drug-likeness (QED) is 0.598. The van der Waals surface area contributed by atoms with Crippen LogP contribution in [-0.2, 0) is 0 Å². The van der Waals surface area contributed by atoms with Gasteiger partial charge in [-0.3, -0.25) is 0 Å². The molecule has 0 saturated carbocycles. The molecular formula is C22H20O3S. The lowest BCUT2D eigenvalue weighted by Crippen LogP contribution is -2.01. The van der Waals surface area contributed by atoms with Crippen LogP contribution in [0.5, 0.6) is 5.75 Å². The number of carboxylic acids is 1. The monoisotopic (exact) mass is 364 g/mol. The van der Waals surface area contributed by atoms with Crippen LogP contribution in [0.1, 0.15) is 33.7 Å². The van der Waals surface area contributed by atoms with Gasteiger partial charge in [-0.15, -0.1) is 11.8 Å². The SMILES string of the molecule is CCSC(c1ccccc1O)c1ccccc1-c1ccc(C(=O)O)cc1. The van der Waals surface area contributed by atoms with Crippen molar-refractivity contribution < 1.29 is 15.0 Å². The van der Waals surface area contributed by atoms with Gasteiger partial charge in [-0.05, 0) is 40.6 Å². The van der Waals surface area contributed by atoms with E-state index in [1.807, 2.05) is 48.5 Å². The molecule has 0 aliphatic heterocycles. The highest BCUT2D eigenvalue weighted by Gasteiger charge is 2.20. The molecule has 4 heteroatoms. The second-order valence-corrected chi connectivity index (χ2v) is 7.25. The van der Waals surface area contributed by atoms with Gasteiger partial charge in [0.05, 0.1) is 10.8 Å². The van der Waals surface area contributed by atoms with E-state index in [1.165, 1.54) is 0 Å². The highest BCUT2D eigenvalue weighted by atomic mass is 32.2. The smallest absolute Gasteiger partial charge is 0.335 e. The van der Waals surface area contributed by atoms with Gasteiger partial charge in [-0.2, -0.15) is 0 Å². The maximum Gasteiger partial charge on any atom is 0.335 e. The fourth-order valence-electron chi connectivity index (χ4n) is 3.00. The minimum atomic E-state index is -0.932. The number of aromatic hydroxyl groups is 1. The molecule has 0 aliphatic rings. The predicted molar refractivity (Wildman–Crippen MR) is 107 cm³/mol. The number of rotatable bonds is 6. The Balaban J connectivity index is 2.09. The van der Waals surface area contributed by atoms with Crippen molar-refractivity contribution >= 4 is 17.7 Å². The van der Waals surface area contributed by atoms with E-state index in [0.717, 1.165) is 28.0 Å². The molecule has 26 heavy (non-hydrogen) atoms. The van der Waals surface area contributed by atoms with Crippen molar-refractivity contribution in [2.24, 2.45) is 0 Å². The maximum absolute atomic E-state index is 11.1. The van der Waals surface area contributed by atoms with Gasteiger partial charge >= 0.3 is 5.97 Å². The molecule has 0 heterocycles. The maximum atomic E-state index is 11.1. The summed E-state index contributed by atoms with van der Waals surface area (Å²) in [6, 6.07) is 22.4. The highest BCUT2D eigenvalue weighted by Crippen LogP contribution is 2.43. The average molecular weight is 364 g/mol. The van der Waals surface area contributed by atoms with Crippen molar-refractivity contribution in [2.75, 3.05) is 5.75 Å². The van der Waals surface area contributed by atoms with Crippen molar-refractivity contribution in [3.8, 4) is 16.9 Å². The Bertz CT molecular complexity index is 903. The molecule has 3 aromatic rings. The molecule has 132 valence electrons. The molecule has 1 atom stereocenters. The van der Waals surface area contributed by atoms with Gasteiger partial charge in [-0.25, -0.2) is 4.79 Å². The summed E-state index contributed by atoms with van der Waals surface area (Å²) < 4.78 is 0. The molecular weight excluding hydrogens is 344 g/mol. The van der Waals surface area contributed by atoms with Crippen molar-refractivity contribution in [3.05, 3.63) is 89.5 Å². The van der Waals surface area contributed by atoms with E-state index >= 15 is 0 Å². The highest BCUT2D eigenvalue weighted by molar-refractivity contribution is 7.99. The van der Waals surface area contributed by atoms with E-state index in [-0.39, 0.29) is 16.6 Å². The van der Waals surface area contributed by atoms with Crippen LogP contribution >= 0.6 is 11.8 Å². The number of thioether (sulfide) groups is 1. The van der Waals surface area contributed by atoms with Crippen LogP contribution in [0.15, 0.2) is 72.8 Å². The molecule has 0 bridgehead atoms. The van der Waals surface area contributed by atoms with Crippen LogP contribution in [0.25, 0.3) is 11.1 Å². The zero-order valence-corrected chi connectivity index (χ0v) is 15.2. The average Bonchev–Trinajstić information content (AvgIpc) is 2.67. The van der Waals surface area contributed by atoms with Crippen molar-refractivity contribution in [3.63, 3.8) is 0 Å². The molecule has 3 nitrogen and oxygen atoms in total. The lowest BCUT2D eigenvalue weighted by Gasteiger charge is -2.21. The fraction of sp³-hybridized carbons (Fsp3) is 0.136. The van der Waals surface area contributed by atoms with E-state index < -0.39 is 5.97 Å². The first-order chi connectivity index (χ1) is 12.6. The molecule has 3 rings (SSSR count). The normalized spacial score (nSPS) is 11.9. The number of hydrogen-bond acceptors (Lipinski definition) is 3. The zero-order valence-electron chi connectivity index (χ0n) is 14.4. The summed E-state index contributed by atoms with van der Waals surface area (Å²) in [5, 5.41) is 19.5. The van der Waals surface area contributed by atoms with Gasteiger partial charge < -0.3 is 10.2 Å². The van der Waals surface area contributed by atoms with Gasteiger partial charge in [0, 0.05) is 5.56 Å². The minimum absolute atomic E-state index is 0.00319. The van der Waals surface area contributed by atoms with Gasteiger partial charge in [0.2, 0.25) is 0 Å². The molecule has 2 N–H and O–H groups in total. The van der Waals surface area contributed by atoms with E-state index in [0.29, 0.717) is 0 Å². The van der Waals surface area contributed by atoms with Crippen molar-refractivity contribution in [2.45, 2.75) is 12.2 Å². The van der Waals surface area contributed by atoms with Crippen LogP contribution in [0.2, 0.25) is 0 Å². The summed E-state index contributed by atoms with van der Waals surface area (Å²) in [6.45, 7) is 2.10. The lowest BCUT2D eigenvalue weighted by atomic mass is 9.93. The number of aromatic carboxylic acids is 1. The Hall–Kier alpha value is -2.72. The Morgan fingerprint density at radius 3 is 2.15 bits per heavy atom. The number of para-hydroxylation sites is 1. The zero-order chi connectivity index (χ0) is 18.5. The molecule has 0 spiro atoms. The molecule has 0 saturated heterocycles. The fourth-order valence-corrected chi connectivity index (χ4v) is 4.10. The number of carboxylic acid groups (broad SMARTS) is 1. The van der Waals surface area contributed by atoms with Crippen LogP contribution in [-0.4, -0.2) is 21.9 Å². The third-order valence-corrected chi connectivity index (χ3v) is 5.41. The number of phenols is 1. The predicted octanol–water partition coefficient (Wildman–Crippen LogP) is 5.60. The summed E-state index contributed by atoms with van der Waals surface area (Å²) in [4.78, 5) is 11.1. The molecule has 0 aliphatic carbocycles. The standard InChI is InChI=1S/C22H20O3S/c1-2-26-21(19-9-5-6-10-20(19)23)18-8-4-3-7-17(18)15-11-13-16(14-12-15)22(24)25/h3-14,21,23H,2H2,1H3,(H,24,25). The van der Waals surface area contributed by atoms with Gasteiger partial charge in [0.25, 0.3) is 0 Å². The molecule has 0 aromatic heterocycles. The Morgan fingerprint density at radius 1 is 0.923 bits per heavy atom. The van der Waals surface area contributed by atoms with Crippen LogP contribution in [0, 0.1) is 0 Å². The lowest BCUT2D eigenvalue weighted by molar-refractivity contribution is 0.0697. The number of phenolic OH excluding ortho intramolecular Hbond substituents is 1. The molecule has 0 amide bonds. The number of hydrogen-bond donors (Lipinski definition) is 2. The summed E-state index contributed by atoms with van der Waals surface area (Å²) in [7, 11) is 0. The summed E-state index contributed by atoms with van der Waals surface area (Å²) in [5.74, 6) is 0.263. The van der Waals surface area contributed by atoms with Gasteiger partial charge in [-0.1, -0.05) is 61.5 Å². The number of carbonyl (C=O) groups is 1. The second kappa shape index (κ2) is 8.11. The Kier molecular flexibility index (Phi) is 5.64. The van der Waals surface area contributed by atoms with Gasteiger partial charge in [0.15, 0.2) is 0 Å². The number of benzene rings is 3. The Labute approximate surface area is 157 Å². The van der Waals surface area contributed by atoms with Crippen molar-refractivity contribution in [1.29, 1.82) is 0 Å². The molecule has 1 unspecified atom stereocenters. The topological polar surface area (TPSA) is 57.5 Å². The summed E-state index contributed by atoms with van der Waals surface area (Å²) in [5.41, 5.74) is 4.26. The third kappa shape index (κ3) is 3.75. The molecule has 0 radical (unpaired) electrons. The second-order valence-electron chi connectivity index (χ2n) is 5.86.